The molecular formula is C13H14BrF3O2. The molecule has 0 saturated carbocycles. The van der Waals surface area contributed by atoms with Gasteiger partial charge in [0.15, 0.2) is 6.61 Å². The molecule has 19 heavy (non-hydrogen) atoms. The number of hydrogen-bond donors (Lipinski definition) is 0. The number of carbonyl (C=O) groups excluding carboxylic acids is 1. The Morgan fingerprint density at radius 1 is 1.32 bits per heavy atom. The highest BCUT2D eigenvalue weighted by Gasteiger charge is 2.28. The zero-order valence-electron chi connectivity index (χ0n) is 10.5. The lowest BCUT2D eigenvalue weighted by atomic mass is 9.96. The van der Waals surface area contributed by atoms with Crippen LogP contribution in [-0.2, 0) is 4.79 Å². The normalized spacial score (nSPS) is 14.8. The molecule has 0 bridgehead atoms. The maximum Gasteiger partial charge on any atom is 0.422 e. The molecule has 0 saturated heterocycles. The Balaban J connectivity index is 2.68. The molecule has 0 amide bonds. The van der Waals surface area contributed by atoms with Gasteiger partial charge in [-0.2, -0.15) is 13.2 Å². The molecule has 1 aromatic rings. The molecule has 0 aromatic heterocycles. The van der Waals surface area contributed by atoms with Crippen molar-refractivity contribution in [3.05, 3.63) is 29.8 Å². The Kier molecular flexibility index (Phi) is 5.40. The van der Waals surface area contributed by atoms with Crippen LogP contribution in [0.2, 0.25) is 0 Å². The lowest BCUT2D eigenvalue weighted by molar-refractivity contribution is -0.153. The van der Waals surface area contributed by atoms with Gasteiger partial charge in [-0.25, -0.2) is 0 Å². The fourth-order valence-electron chi connectivity index (χ4n) is 1.55. The fourth-order valence-corrected chi connectivity index (χ4v) is 1.86. The van der Waals surface area contributed by atoms with Gasteiger partial charge in [0.25, 0.3) is 0 Å². The number of rotatable bonds is 5. The highest BCUT2D eigenvalue weighted by atomic mass is 79.9. The van der Waals surface area contributed by atoms with Gasteiger partial charge in [0, 0.05) is 5.92 Å². The van der Waals surface area contributed by atoms with E-state index in [9.17, 15) is 18.0 Å². The van der Waals surface area contributed by atoms with Crippen LogP contribution in [0.3, 0.4) is 0 Å². The SMILES string of the molecule is CC(=O)C(Br)C(C)c1ccc(OCC(F)(F)F)cc1. The van der Waals surface area contributed by atoms with E-state index >= 15 is 0 Å². The Bertz CT molecular complexity index is 429. The van der Waals surface area contributed by atoms with Crippen LogP contribution < -0.4 is 4.74 Å². The lowest BCUT2D eigenvalue weighted by Gasteiger charge is -2.16. The van der Waals surface area contributed by atoms with Crippen molar-refractivity contribution in [3.8, 4) is 5.75 Å². The van der Waals surface area contributed by atoms with E-state index in [0.717, 1.165) is 5.56 Å². The van der Waals surface area contributed by atoms with Crippen molar-refractivity contribution in [2.75, 3.05) is 6.61 Å². The van der Waals surface area contributed by atoms with Crippen LogP contribution in [-0.4, -0.2) is 23.4 Å². The largest absolute Gasteiger partial charge is 0.484 e. The van der Waals surface area contributed by atoms with Crippen LogP contribution in [0.4, 0.5) is 13.2 Å². The number of ketones is 1. The standard InChI is InChI=1S/C13H14BrF3O2/c1-8(12(14)9(2)18)10-3-5-11(6-4-10)19-7-13(15,16)17/h3-6,8,12H,7H2,1-2H3. The first-order valence-electron chi connectivity index (χ1n) is 5.65. The summed E-state index contributed by atoms with van der Waals surface area (Å²) in [7, 11) is 0. The predicted octanol–water partition coefficient (Wildman–Crippen LogP) is 4.08. The summed E-state index contributed by atoms with van der Waals surface area (Å²) in [6, 6.07) is 6.26. The number of alkyl halides is 4. The second-order valence-electron chi connectivity index (χ2n) is 4.27. The number of Topliss-reactive ketones (excluding diaryl/α,β-unsaturated/α-hetero) is 1. The quantitative estimate of drug-likeness (QED) is 0.756. The van der Waals surface area contributed by atoms with Crippen molar-refractivity contribution in [3.63, 3.8) is 0 Å². The van der Waals surface area contributed by atoms with Gasteiger partial charge in [-0.05, 0) is 24.6 Å². The monoisotopic (exact) mass is 338 g/mol. The van der Waals surface area contributed by atoms with Crippen LogP contribution in [0.5, 0.6) is 5.75 Å². The van der Waals surface area contributed by atoms with Gasteiger partial charge in [-0.1, -0.05) is 35.0 Å². The molecule has 0 aliphatic heterocycles. The minimum atomic E-state index is -4.35. The number of hydrogen-bond acceptors (Lipinski definition) is 2. The summed E-state index contributed by atoms with van der Waals surface area (Å²) < 4.78 is 40.5. The van der Waals surface area contributed by atoms with E-state index in [4.69, 9.17) is 0 Å². The number of carbonyl (C=O) groups is 1. The van der Waals surface area contributed by atoms with Crippen molar-refractivity contribution >= 4 is 21.7 Å². The predicted molar refractivity (Wildman–Crippen MR) is 69.8 cm³/mol. The molecule has 0 fully saturated rings. The Hall–Kier alpha value is -1.04. The summed E-state index contributed by atoms with van der Waals surface area (Å²) in [5.41, 5.74) is 0.858. The molecule has 2 nitrogen and oxygen atoms in total. The van der Waals surface area contributed by atoms with Gasteiger partial charge in [-0.15, -0.1) is 0 Å². The molecule has 0 radical (unpaired) electrons. The summed E-state index contributed by atoms with van der Waals surface area (Å²) >= 11 is 3.29. The molecule has 106 valence electrons. The Morgan fingerprint density at radius 2 is 1.84 bits per heavy atom. The minimum absolute atomic E-state index is 0.00454. The van der Waals surface area contributed by atoms with E-state index in [1.54, 1.807) is 12.1 Å². The summed E-state index contributed by atoms with van der Waals surface area (Å²) in [6.45, 7) is 2.04. The Labute approximate surface area is 118 Å². The van der Waals surface area contributed by atoms with E-state index in [1.165, 1.54) is 19.1 Å². The van der Waals surface area contributed by atoms with E-state index in [1.807, 2.05) is 6.92 Å². The van der Waals surface area contributed by atoms with Gasteiger partial charge in [0.2, 0.25) is 0 Å². The number of benzene rings is 1. The van der Waals surface area contributed by atoms with Gasteiger partial charge >= 0.3 is 6.18 Å². The third-order valence-corrected chi connectivity index (χ3v) is 4.07. The van der Waals surface area contributed by atoms with Gasteiger partial charge < -0.3 is 4.74 Å². The Morgan fingerprint density at radius 3 is 2.26 bits per heavy atom. The molecule has 2 unspecified atom stereocenters. The number of ether oxygens (including phenoxy) is 1. The van der Waals surface area contributed by atoms with Crippen molar-refractivity contribution in [2.24, 2.45) is 0 Å². The van der Waals surface area contributed by atoms with E-state index in [2.05, 4.69) is 20.7 Å². The maximum absolute atomic E-state index is 12.0. The summed E-state index contributed by atoms with van der Waals surface area (Å²) in [4.78, 5) is 10.9. The lowest BCUT2D eigenvalue weighted by Crippen LogP contribution is -2.19. The highest BCUT2D eigenvalue weighted by molar-refractivity contribution is 9.10. The second kappa shape index (κ2) is 6.41. The highest BCUT2D eigenvalue weighted by Crippen LogP contribution is 2.27. The van der Waals surface area contributed by atoms with Crippen LogP contribution in [0.1, 0.15) is 25.3 Å². The topological polar surface area (TPSA) is 26.3 Å². The van der Waals surface area contributed by atoms with Crippen LogP contribution >= 0.6 is 15.9 Å². The fraction of sp³-hybridized carbons (Fsp3) is 0.462. The van der Waals surface area contributed by atoms with Crippen molar-refractivity contribution in [1.82, 2.24) is 0 Å². The third-order valence-electron chi connectivity index (χ3n) is 2.64. The van der Waals surface area contributed by atoms with Crippen molar-refractivity contribution in [2.45, 2.75) is 30.8 Å². The van der Waals surface area contributed by atoms with E-state index in [-0.39, 0.29) is 22.3 Å². The zero-order chi connectivity index (χ0) is 14.6. The molecule has 6 heteroatoms. The average molecular weight is 339 g/mol. The average Bonchev–Trinajstić information content (AvgIpc) is 2.34. The molecule has 0 aliphatic rings. The smallest absolute Gasteiger partial charge is 0.422 e. The van der Waals surface area contributed by atoms with Gasteiger partial charge in [-0.3, -0.25) is 4.79 Å². The summed E-state index contributed by atoms with van der Waals surface area (Å²) in [5, 5.41) is 0. The minimum Gasteiger partial charge on any atom is -0.484 e. The first-order valence-corrected chi connectivity index (χ1v) is 6.56. The summed E-state index contributed by atoms with van der Waals surface area (Å²) in [6.07, 6.45) is -4.35. The zero-order valence-corrected chi connectivity index (χ0v) is 12.1. The molecule has 0 spiro atoms. The first kappa shape index (κ1) is 16.0. The molecule has 0 aliphatic carbocycles. The third kappa shape index (κ3) is 5.22. The second-order valence-corrected chi connectivity index (χ2v) is 5.26. The first-order chi connectivity index (χ1) is 8.70. The van der Waals surface area contributed by atoms with E-state index in [0.29, 0.717) is 0 Å². The summed E-state index contributed by atoms with van der Waals surface area (Å²) in [5.74, 6) is 0.0984. The molecule has 2 atom stereocenters. The van der Waals surface area contributed by atoms with Crippen molar-refractivity contribution < 1.29 is 22.7 Å². The van der Waals surface area contributed by atoms with Crippen LogP contribution in [0.15, 0.2) is 24.3 Å². The van der Waals surface area contributed by atoms with Crippen LogP contribution in [0, 0.1) is 0 Å². The van der Waals surface area contributed by atoms with Gasteiger partial charge in [0.1, 0.15) is 11.5 Å². The maximum atomic E-state index is 12.0. The number of halogens is 4. The molecule has 0 heterocycles. The van der Waals surface area contributed by atoms with E-state index < -0.39 is 12.8 Å². The van der Waals surface area contributed by atoms with Crippen molar-refractivity contribution in [1.29, 1.82) is 0 Å². The molecule has 1 aromatic carbocycles. The molecule has 1 rings (SSSR count). The van der Waals surface area contributed by atoms with Crippen LogP contribution in [0.25, 0.3) is 0 Å². The molecule has 0 N–H and O–H groups in total. The molecular weight excluding hydrogens is 325 g/mol. The van der Waals surface area contributed by atoms with Gasteiger partial charge in [0.05, 0.1) is 4.83 Å².